The van der Waals surface area contributed by atoms with Crippen LogP contribution in [0.1, 0.15) is 30.6 Å². The standard InChI is InChI=1S/C14H16N2O3/c1-14(2,8-12(17)18)16-13(19)10-4-3-9-5-6-15-11(9)7-10/h3-7,15H,8H2,1-2H3,(H,16,19)(H,17,18). The molecule has 1 aromatic carbocycles. The molecule has 1 aromatic heterocycles. The third-order valence-electron chi connectivity index (χ3n) is 2.86. The van der Waals surface area contributed by atoms with Crippen molar-refractivity contribution in [2.45, 2.75) is 25.8 Å². The van der Waals surface area contributed by atoms with E-state index in [4.69, 9.17) is 5.11 Å². The molecule has 0 bridgehead atoms. The van der Waals surface area contributed by atoms with Gasteiger partial charge in [0.2, 0.25) is 0 Å². The fraction of sp³-hybridized carbons (Fsp3) is 0.286. The number of hydrogen-bond donors (Lipinski definition) is 3. The summed E-state index contributed by atoms with van der Waals surface area (Å²) in [5.41, 5.74) is 0.602. The number of aromatic amines is 1. The Hall–Kier alpha value is -2.30. The molecule has 2 aromatic rings. The summed E-state index contributed by atoms with van der Waals surface area (Å²) in [6.45, 7) is 3.37. The van der Waals surface area contributed by atoms with Crippen LogP contribution in [-0.2, 0) is 4.79 Å². The molecule has 1 heterocycles. The zero-order valence-corrected chi connectivity index (χ0v) is 10.9. The van der Waals surface area contributed by atoms with Gasteiger partial charge in [0.25, 0.3) is 5.91 Å². The van der Waals surface area contributed by atoms with Gasteiger partial charge in [0.1, 0.15) is 0 Å². The number of H-pyrrole nitrogens is 1. The van der Waals surface area contributed by atoms with E-state index < -0.39 is 11.5 Å². The molecule has 0 atom stereocenters. The normalized spacial score (nSPS) is 11.5. The van der Waals surface area contributed by atoms with Crippen LogP contribution in [0.3, 0.4) is 0 Å². The van der Waals surface area contributed by atoms with Crippen LogP contribution in [0.15, 0.2) is 30.5 Å². The Balaban J connectivity index is 2.17. The number of carbonyl (C=O) groups excluding carboxylic acids is 1. The average Bonchev–Trinajstić information content (AvgIpc) is 2.72. The van der Waals surface area contributed by atoms with Crippen molar-refractivity contribution in [2.24, 2.45) is 0 Å². The Morgan fingerprint density at radius 2 is 2.05 bits per heavy atom. The topological polar surface area (TPSA) is 82.2 Å². The van der Waals surface area contributed by atoms with Crippen molar-refractivity contribution >= 4 is 22.8 Å². The third kappa shape index (κ3) is 3.13. The van der Waals surface area contributed by atoms with Gasteiger partial charge in [-0.1, -0.05) is 6.07 Å². The molecule has 0 fully saturated rings. The van der Waals surface area contributed by atoms with Crippen LogP contribution in [0.25, 0.3) is 10.9 Å². The SMILES string of the molecule is CC(C)(CC(=O)O)NC(=O)c1ccc2cc[nH]c2c1. The zero-order valence-electron chi connectivity index (χ0n) is 10.9. The summed E-state index contributed by atoms with van der Waals surface area (Å²) >= 11 is 0. The van der Waals surface area contributed by atoms with Gasteiger partial charge in [0.15, 0.2) is 0 Å². The highest BCUT2D eigenvalue weighted by Gasteiger charge is 2.24. The van der Waals surface area contributed by atoms with Crippen molar-refractivity contribution in [3.05, 3.63) is 36.0 Å². The van der Waals surface area contributed by atoms with Gasteiger partial charge in [-0.2, -0.15) is 0 Å². The van der Waals surface area contributed by atoms with E-state index in [1.165, 1.54) is 0 Å². The smallest absolute Gasteiger partial charge is 0.305 e. The Kier molecular flexibility index (Phi) is 3.29. The van der Waals surface area contributed by atoms with Gasteiger partial charge in [0.05, 0.1) is 6.42 Å². The minimum absolute atomic E-state index is 0.122. The van der Waals surface area contributed by atoms with Gasteiger partial charge in [-0.3, -0.25) is 9.59 Å². The molecule has 2 rings (SSSR count). The maximum atomic E-state index is 12.1. The van der Waals surface area contributed by atoms with E-state index in [-0.39, 0.29) is 12.3 Å². The van der Waals surface area contributed by atoms with Gasteiger partial charge in [-0.05, 0) is 37.4 Å². The number of amides is 1. The minimum atomic E-state index is -0.940. The predicted octanol–water partition coefficient (Wildman–Crippen LogP) is 2.15. The zero-order chi connectivity index (χ0) is 14.0. The first kappa shape index (κ1) is 13.1. The Labute approximate surface area is 110 Å². The second-order valence-electron chi connectivity index (χ2n) is 5.19. The number of carboxylic acids is 1. The molecule has 100 valence electrons. The quantitative estimate of drug-likeness (QED) is 0.787. The first-order valence-electron chi connectivity index (χ1n) is 5.99. The fourth-order valence-corrected chi connectivity index (χ4v) is 1.99. The second kappa shape index (κ2) is 4.76. The van der Waals surface area contributed by atoms with E-state index in [2.05, 4.69) is 10.3 Å². The van der Waals surface area contributed by atoms with Gasteiger partial charge in [0, 0.05) is 22.8 Å². The van der Waals surface area contributed by atoms with E-state index in [0.717, 1.165) is 10.9 Å². The van der Waals surface area contributed by atoms with Crippen LogP contribution in [0.4, 0.5) is 0 Å². The van der Waals surface area contributed by atoms with Crippen LogP contribution in [0.5, 0.6) is 0 Å². The number of carbonyl (C=O) groups is 2. The van der Waals surface area contributed by atoms with E-state index in [9.17, 15) is 9.59 Å². The van der Waals surface area contributed by atoms with Gasteiger partial charge in [-0.15, -0.1) is 0 Å². The molecule has 3 N–H and O–H groups in total. The molecule has 1 amide bonds. The molecule has 0 radical (unpaired) electrons. The molecule has 19 heavy (non-hydrogen) atoms. The van der Waals surface area contributed by atoms with Crippen molar-refractivity contribution in [3.8, 4) is 0 Å². The van der Waals surface area contributed by atoms with Crippen LogP contribution in [0.2, 0.25) is 0 Å². The summed E-state index contributed by atoms with van der Waals surface area (Å²) in [7, 11) is 0. The van der Waals surface area contributed by atoms with E-state index >= 15 is 0 Å². The minimum Gasteiger partial charge on any atom is -0.481 e. The molecule has 0 aliphatic heterocycles. The number of fused-ring (bicyclic) bond motifs is 1. The molecule has 5 nitrogen and oxygen atoms in total. The van der Waals surface area contributed by atoms with Gasteiger partial charge < -0.3 is 15.4 Å². The Morgan fingerprint density at radius 3 is 2.74 bits per heavy atom. The number of hydrogen-bond acceptors (Lipinski definition) is 2. The van der Waals surface area contributed by atoms with Crippen LogP contribution in [0, 0.1) is 0 Å². The number of nitrogens with one attached hydrogen (secondary N) is 2. The van der Waals surface area contributed by atoms with Crippen molar-refractivity contribution in [1.29, 1.82) is 0 Å². The highest BCUT2D eigenvalue weighted by Crippen LogP contribution is 2.16. The van der Waals surface area contributed by atoms with Crippen LogP contribution in [-0.4, -0.2) is 27.5 Å². The average molecular weight is 260 g/mol. The summed E-state index contributed by atoms with van der Waals surface area (Å²) < 4.78 is 0. The number of benzene rings is 1. The van der Waals surface area contributed by atoms with E-state index in [1.807, 2.05) is 12.1 Å². The molecule has 0 aliphatic rings. The maximum Gasteiger partial charge on any atom is 0.305 e. The molecule has 0 saturated heterocycles. The van der Waals surface area contributed by atoms with Crippen molar-refractivity contribution in [1.82, 2.24) is 10.3 Å². The largest absolute Gasteiger partial charge is 0.481 e. The Morgan fingerprint density at radius 1 is 1.32 bits per heavy atom. The lowest BCUT2D eigenvalue weighted by Crippen LogP contribution is -2.44. The second-order valence-corrected chi connectivity index (χ2v) is 5.19. The molecule has 0 aliphatic carbocycles. The first-order chi connectivity index (χ1) is 8.87. The van der Waals surface area contributed by atoms with E-state index in [1.54, 1.807) is 32.2 Å². The summed E-state index contributed by atoms with van der Waals surface area (Å²) in [5.74, 6) is -1.21. The lowest BCUT2D eigenvalue weighted by atomic mass is 10.00. The summed E-state index contributed by atoms with van der Waals surface area (Å²) in [6.07, 6.45) is 1.68. The number of aliphatic carboxylic acids is 1. The van der Waals surface area contributed by atoms with Crippen molar-refractivity contribution < 1.29 is 14.7 Å². The van der Waals surface area contributed by atoms with Gasteiger partial charge >= 0.3 is 5.97 Å². The summed E-state index contributed by atoms with van der Waals surface area (Å²) in [6, 6.07) is 7.25. The predicted molar refractivity (Wildman–Crippen MR) is 72.1 cm³/mol. The maximum absolute atomic E-state index is 12.1. The third-order valence-corrected chi connectivity index (χ3v) is 2.86. The highest BCUT2D eigenvalue weighted by atomic mass is 16.4. The molecule has 0 spiro atoms. The molecule has 0 unspecified atom stereocenters. The fourth-order valence-electron chi connectivity index (χ4n) is 1.99. The number of rotatable bonds is 4. The van der Waals surface area contributed by atoms with Crippen molar-refractivity contribution in [3.63, 3.8) is 0 Å². The first-order valence-corrected chi connectivity index (χ1v) is 5.99. The van der Waals surface area contributed by atoms with Crippen LogP contribution < -0.4 is 5.32 Å². The van der Waals surface area contributed by atoms with Crippen LogP contribution >= 0.6 is 0 Å². The van der Waals surface area contributed by atoms with Gasteiger partial charge in [-0.25, -0.2) is 0 Å². The van der Waals surface area contributed by atoms with E-state index in [0.29, 0.717) is 5.56 Å². The van der Waals surface area contributed by atoms with Crippen molar-refractivity contribution in [2.75, 3.05) is 0 Å². The highest BCUT2D eigenvalue weighted by molar-refractivity contribution is 5.98. The summed E-state index contributed by atoms with van der Waals surface area (Å²) in [5, 5.41) is 12.5. The Bertz CT molecular complexity index is 628. The lowest BCUT2D eigenvalue weighted by Gasteiger charge is -2.24. The number of aromatic nitrogens is 1. The lowest BCUT2D eigenvalue weighted by molar-refractivity contribution is -0.138. The molecular weight excluding hydrogens is 244 g/mol. The number of carboxylic acid groups (broad SMARTS) is 1. The monoisotopic (exact) mass is 260 g/mol. The molecule has 0 saturated carbocycles. The molecular formula is C14H16N2O3. The summed E-state index contributed by atoms with van der Waals surface area (Å²) in [4.78, 5) is 25.8. The molecule has 5 heteroatoms.